The minimum absolute atomic E-state index is 0.331. The van der Waals surface area contributed by atoms with Crippen LogP contribution in [-0.4, -0.2) is 29.8 Å². The molecule has 1 saturated heterocycles. The Bertz CT molecular complexity index is 117. The van der Waals surface area contributed by atoms with Crippen molar-refractivity contribution in [2.45, 2.75) is 23.9 Å². The van der Waals surface area contributed by atoms with Gasteiger partial charge in [0.1, 0.15) is 0 Å². The smallest absolute Gasteiger partial charge is 0.0948 e. The van der Waals surface area contributed by atoms with Crippen molar-refractivity contribution < 1.29 is 9.47 Å². The van der Waals surface area contributed by atoms with E-state index in [4.69, 9.17) is 9.47 Å². The molecule has 1 heterocycles. The topological polar surface area (TPSA) is 18.5 Å². The number of alkyl halides is 1. The van der Waals surface area contributed by atoms with Gasteiger partial charge in [0.15, 0.2) is 0 Å². The van der Waals surface area contributed by atoms with Crippen molar-refractivity contribution in [3.05, 3.63) is 0 Å². The van der Waals surface area contributed by atoms with Crippen molar-refractivity contribution in [1.82, 2.24) is 0 Å². The molecule has 1 aliphatic heterocycles. The van der Waals surface area contributed by atoms with Crippen molar-refractivity contribution in [2.24, 2.45) is 5.92 Å². The van der Waals surface area contributed by atoms with Gasteiger partial charge in [0.25, 0.3) is 0 Å². The Morgan fingerprint density at radius 3 is 2.73 bits per heavy atom. The van der Waals surface area contributed by atoms with Crippen molar-refractivity contribution in [3.8, 4) is 0 Å². The molecular formula is C8H15IO2. The second-order valence-corrected chi connectivity index (χ2v) is 4.92. The Balaban J connectivity index is 2.15. The van der Waals surface area contributed by atoms with Crippen LogP contribution in [0.25, 0.3) is 0 Å². The normalized spacial score (nSPS) is 31.6. The van der Waals surface area contributed by atoms with Gasteiger partial charge in [0, 0.05) is 6.61 Å². The molecule has 0 aromatic heterocycles. The highest BCUT2D eigenvalue weighted by molar-refractivity contribution is 14.1. The summed E-state index contributed by atoms with van der Waals surface area (Å²) in [6, 6.07) is 0. The van der Waals surface area contributed by atoms with E-state index in [1.165, 1.54) is 0 Å². The molecule has 0 N–H and O–H groups in total. The van der Waals surface area contributed by atoms with Gasteiger partial charge >= 0.3 is 0 Å². The van der Waals surface area contributed by atoms with Crippen molar-refractivity contribution in [3.63, 3.8) is 0 Å². The fourth-order valence-corrected chi connectivity index (χ4v) is 1.65. The van der Waals surface area contributed by atoms with Gasteiger partial charge in [-0.1, -0.05) is 36.4 Å². The summed E-state index contributed by atoms with van der Waals surface area (Å²) in [5.41, 5.74) is 0. The monoisotopic (exact) mass is 270 g/mol. The van der Waals surface area contributed by atoms with Gasteiger partial charge in [-0.25, -0.2) is 0 Å². The number of ether oxygens (including phenoxy) is 2. The molecule has 0 radical (unpaired) electrons. The molecule has 2 atom stereocenters. The largest absolute Gasteiger partial charge is 0.378 e. The standard InChI is InChI=1S/C8H15IO2/c1-6(2)3-11-8-5-10-4-7(8)9/h6-8H,3-5H2,1-2H3. The van der Waals surface area contributed by atoms with E-state index in [0.717, 1.165) is 19.8 Å². The maximum Gasteiger partial charge on any atom is 0.0948 e. The van der Waals surface area contributed by atoms with Gasteiger partial charge in [0.05, 0.1) is 23.2 Å². The molecule has 0 amide bonds. The first-order valence-corrected chi connectivity index (χ1v) is 5.28. The zero-order chi connectivity index (χ0) is 8.27. The second-order valence-electron chi connectivity index (χ2n) is 3.32. The zero-order valence-corrected chi connectivity index (χ0v) is 9.21. The molecule has 0 aliphatic carbocycles. The molecule has 2 nitrogen and oxygen atoms in total. The highest BCUT2D eigenvalue weighted by Gasteiger charge is 2.26. The van der Waals surface area contributed by atoms with Crippen molar-refractivity contribution >= 4 is 22.6 Å². The van der Waals surface area contributed by atoms with Crippen LogP contribution < -0.4 is 0 Å². The number of hydrogen-bond acceptors (Lipinski definition) is 2. The molecule has 0 spiro atoms. The minimum Gasteiger partial charge on any atom is -0.378 e. The fourth-order valence-electron chi connectivity index (χ4n) is 0.977. The zero-order valence-electron chi connectivity index (χ0n) is 7.05. The Morgan fingerprint density at radius 1 is 1.55 bits per heavy atom. The average molecular weight is 270 g/mol. The first-order chi connectivity index (χ1) is 5.20. The quantitative estimate of drug-likeness (QED) is 0.575. The lowest BCUT2D eigenvalue weighted by Crippen LogP contribution is -2.23. The second kappa shape index (κ2) is 4.62. The SMILES string of the molecule is CC(C)COC1COCC1I. The molecule has 1 aliphatic rings. The molecule has 1 fully saturated rings. The molecular weight excluding hydrogens is 255 g/mol. The highest BCUT2D eigenvalue weighted by Crippen LogP contribution is 2.18. The summed E-state index contributed by atoms with van der Waals surface area (Å²) in [4.78, 5) is 0. The van der Waals surface area contributed by atoms with E-state index in [0.29, 0.717) is 15.9 Å². The van der Waals surface area contributed by atoms with Crippen LogP contribution in [0.15, 0.2) is 0 Å². The van der Waals surface area contributed by atoms with E-state index in [9.17, 15) is 0 Å². The summed E-state index contributed by atoms with van der Waals surface area (Å²) in [7, 11) is 0. The van der Waals surface area contributed by atoms with Crippen LogP contribution in [-0.2, 0) is 9.47 Å². The van der Waals surface area contributed by atoms with Gasteiger partial charge < -0.3 is 9.47 Å². The number of halogens is 1. The summed E-state index contributed by atoms with van der Waals surface area (Å²) < 4.78 is 11.5. The van der Waals surface area contributed by atoms with E-state index in [2.05, 4.69) is 36.4 Å². The first-order valence-electron chi connectivity index (χ1n) is 4.03. The fraction of sp³-hybridized carbons (Fsp3) is 1.00. The van der Waals surface area contributed by atoms with E-state index < -0.39 is 0 Å². The first kappa shape index (κ1) is 9.74. The predicted molar refractivity (Wildman–Crippen MR) is 53.2 cm³/mol. The molecule has 0 bridgehead atoms. The summed E-state index contributed by atoms with van der Waals surface area (Å²) in [5, 5.41) is 0. The van der Waals surface area contributed by atoms with Gasteiger partial charge in [-0.15, -0.1) is 0 Å². The molecule has 11 heavy (non-hydrogen) atoms. The van der Waals surface area contributed by atoms with Crippen LogP contribution in [0.4, 0.5) is 0 Å². The molecule has 66 valence electrons. The van der Waals surface area contributed by atoms with E-state index >= 15 is 0 Å². The third kappa shape index (κ3) is 3.25. The Kier molecular flexibility index (Phi) is 4.09. The lowest BCUT2D eigenvalue weighted by atomic mass is 10.2. The Morgan fingerprint density at radius 2 is 2.27 bits per heavy atom. The maximum atomic E-state index is 5.64. The van der Waals surface area contributed by atoms with Crippen LogP contribution in [0.3, 0.4) is 0 Å². The van der Waals surface area contributed by atoms with E-state index in [1.54, 1.807) is 0 Å². The van der Waals surface area contributed by atoms with Crippen molar-refractivity contribution in [2.75, 3.05) is 19.8 Å². The van der Waals surface area contributed by atoms with Gasteiger partial charge in [-0.3, -0.25) is 0 Å². The van der Waals surface area contributed by atoms with Crippen molar-refractivity contribution in [1.29, 1.82) is 0 Å². The van der Waals surface area contributed by atoms with E-state index in [1.807, 2.05) is 0 Å². The summed E-state index contributed by atoms with van der Waals surface area (Å²) in [6.07, 6.45) is 0.331. The Hall–Kier alpha value is 0.650. The molecule has 0 saturated carbocycles. The summed E-state index contributed by atoms with van der Waals surface area (Å²) in [6.45, 7) is 6.81. The van der Waals surface area contributed by atoms with Gasteiger partial charge in [0.2, 0.25) is 0 Å². The summed E-state index contributed by atoms with van der Waals surface area (Å²) >= 11 is 2.39. The molecule has 2 unspecified atom stereocenters. The van der Waals surface area contributed by atoms with Crippen LogP contribution in [0.1, 0.15) is 13.8 Å². The Labute approximate surface area is 81.8 Å². The molecule has 3 heteroatoms. The predicted octanol–water partition coefficient (Wildman–Crippen LogP) is 1.86. The molecule has 0 aromatic carbocycles. The van der Waals surface area contributed by atoms with Crippen LogP contribution >= 0.6 is 22.6 Å². The average Bonchev–Trinajstić information content (AvgIpc) is 2.31. The van der Waals surface area contributed by atoms with Crippen LogP contribution in [0.2, 0.25) is 0 Å². The number of hydrogen-bond donors (Lipinski definition) is 0. The van der Waals surface area contributed by atoms with Crippen LogP contribution in [0.5, 0.6) is 0 Å². The maximum absolute atomic E-state index is 5.64. The third-order valence-corrected chi connectivity index (χ3v) is 2.77. The van der Waals surface area contributed by atoms with Crippen LogP contribution in [0, 0.1) is 5.92 Å². The molecule has 0 aromatic rings. The van der Waals surface area contributed by atoms with E-state index in [-0.39, 0.29) is 0 Å². The highest BCUT2D eigenvalue weighted by atomic mass is 127. The van der Waals surface area contributed by atoms with Gasteiger partial charge in [-0.2, -0.15) is 0 Å². The third-order valence-electron chi connectivity index (χ3n) is 1.61. The summed E-state index contributed by atoms with van der Waals surface area (Å²) in [5.74, 6) is 0.624. The minimum atomic E-state index is 0.331. The lowest BCUT2D eigenvalue weighted by Gasteiger charge is -2.14. The lowest BCUT2D eigenvalue weighted by molar-refractivity contribution is 0.0308. The molecule has 1 rings (SSSR count). The van der Waals surface area contributed by atoms with Gasteiger partial charge in [-0.05, 0) is 5.92 Å². The number of rotatable bonds is 3.